The van der Waals surface area contributed by atoms with E-state index in [0.29, 0.717) is 22.4 Å². The summed E-state index contributed by atoms with van der Waals surface area (Å²) in [6.07, 6.45) is 1.43. The minimum absolute atomic E-state index is 0.0779. The van der Waals surface area contributed by atoms with E-state index in [1.807, 2.05) is 0 Å². The van der Waals surface area contributed by atoms with Gasteiger partial charge in [-0.25, -0.2) is 4.98 Å². The number of carbonyl (C=O) groups excluding carboxylic acids is 1. The number of pyridine rings is 1. The van der Waals surface area contributed by atoms with Gasteiger partial charge in [0.2, 0.25) is 0 Å². The molecule has 2 heterocycles. The first-order valence-corrected chi connectivity index (χ1v) is 9.12. The van der Waals surface area contributed by atoms with Crippen molar-refractivity contribution in [2.45, 2.75) is 0 Å². The summed E-state index contributed by atoms with van der Waals surface area (Å²) in [6, 6.07) is 8.05. The summed E-state index contributed by atoms with van der Waals surface area (Å²) in [5, 5.41) is 14.1. The lowest BCUT2D eigenvalue weighted by atomic mass is 10.2. The van der Waals surface area contributed by atoms with Gasteiger partial charge in [0.05, 0.1) is 41.1 Å². The topological polar surface area (TPSA) is 92.8 Å². The Morgan fingerprint density at radius 1 is 1.26 bits per heavy atom. The molecule has 0 saturated carbocycles. The van der Waals surface area contributed by atoms with E-state index in [-0.39, 0.29) is 11.6 Å². The quantitative estimate of drug-likeness (QED) is 0.577. The van der Waals surface area contributed by atoms with Crippen LogP contribution in [0.15, 0.2) is 36.5 Å². The largest absolute Gasteiger partial charge is 0.360 e. The van der Waals surface area contributed by atoms with E-state index in [1.165, 1.54) is 24.4 Å². The van der Waals surface area contributed by atoms with Crippen LogP contribution >= 0.6 is 23.2 Å². The maximum atomic E-state index is 12.2. The summed E-state index contributed by atoms with van der Waals surface area (Å²) in [5.74, 6) is 0.139. The molecule has 142 valence electrons. The number of carbonyl (C=O) groups is 1. The number of piperazine rings is 1. The van der Waals surface area contributed by atoms with Gasteiger partial charge in [0, 0.05) is 24.0 Å². The number of hydrogen-bond acceptors (Lipinski definition) is 5. The lowest BCUT2D eigenvalue weighted by molar-refractivity contribution is -0.892. The van der Waals surface area contributed by atoms with Gasteiger partial charge in [-0.05, 0) is 18.2 Å². The maximum Gasteiger partial charge on any atom is 0.280 e. The van der Waals surface area contributed by atoms with Crippen LogP contribution in [0.4, 0.5) is 17.2 Å². The molecule has 2 aromatic rings. The van der Waals surface area contributed by atoms with Crippen molar-refractivity contribution in [3.8, 4) is 0 Å². The number of nitrogens with one attached hydrogen (secondary N) is 2. The second kappa shape index (κ2) is 8.51. The van der Waals surface area contributed by atoms with Gasteiger partial charge in [-0.1, -0.05) is 23.2 Å². The fourth-order valence-corrected chi connectivity index (χ4v) is 3.38. The standard InChI is InChI=1S/C17H17Cl2N5O3/c18-12-9-15(19)17(20-10-12)21-16(25)11-22-5-7-23(8-6-22)13-1-3-14(4-2-13)24(26)27/h1-4,9-10H,5-8,11H2,(H,20,21,25)/p+1. The highest BCUT2D eigenvalue weighted by Gasteiger charge is 2.23. The minimum Gasteiger partial charge on any atom is -0.360 e. The van der Waals surface area contributed by atoms with E-state index in [2.05, 4.69) is 15.2 Å². The van der Waals surface area contributed by atoms with Crippen molar-refractivity contribution in [1.82, 2.24) is 4.98 Å². The average Bonchev–Trinajstić information content (AvgIpc) is 2.65. The van der Waals surface area contributed by atoms with Gasteiger partial charge in [-0.3, -0.25) is 14.9 Å². The average molecular weight is 411 g/mol. The lowest BCUT2D eigenvalue weighted by Gasteiger charge is -2.33. The number of hydrogen-bond donors (Lipinski definition) is 2. The Labute approximate surface area is 165 Å². The maximum absolute atomic E-state index is 12.2. The molecule has 1 aromatic carbocycles. The number of anilines is 2. The van der Waals surface area contributed by atoms with E-state index in [0.717, 1.165) is 36.8 Å². The first-order chi connectivity index (χ1) is 12.9. The highest BCUT2D eigenvalue weighted by molar-refractivity contribution is 6.36. The number of nitro groups is 1. The molecule has 0 atom stereocenters. The van der Waals surface area contributed by atoms with Crippen LogP contribution in [0.5, 0.6) is 0 Å². The molecular formula is C17H18Cl2N5O3+. The zero-order valence-electron chi connectivity index (χ0n) is 14.3. The number of benzene rings is 1. The summed E-state index contributed by atoms with van der Waals surface area (Å²) < 4.78 is 0. The van der Waals surface area contributed by atoms with Crippen LogP contribution in [-0.4, -0.2) is 48.5 Å². The van der Waals surface area contributed by atoms with Crippen LogP contribution in [0.3, 0.4) is 0 Å². The molecule has 8 nitrogen and oxygen atoms in total. The third-order valence-corrected chi connectivity index (χ3v) is 4.87. The van der Waals surface area contributed by atoms with E-state index in [1.54, 1.807) is 12.1 Å². The molecule has 0 bridgehead atoms. The molecule has 0 spiro atoms. The number of non-ortho nitro benzene ring substituents is 1. The smallest absolute Gasteiger partial charge is 0.280 e. The highest BCUT2D eigenvalue weighted by atomic mass is 35.5. The van der Waals surface area contributed by atoms with Gasteiger partial charge in [0.1, 0.15) is 0 Å². The predicted molar refractivity (Wildman–Crippen MR) is 104 cm³/mol. The Balaban J connectivity index is 1.50. The molecule has 1 saturated heterocycles. The van der Waals surface area contributed by atoms with Gasteiger partial charge in [-0.2, -0.15) is 0 Å². The third-order valence-electron chi connectivity index (χ3n) is 4.37. The Bertz CT molecular complexity index is 839. The normalized spacial score (nSPS) is 14.8. The summed E-state index contributed by atoms with van der Waals surface area (Å²) >= 11 is 11.8. The van der Waals surface area contributed by atoms with E-state index >= 15 is 0 Å². The Morgan fingerprint density at radius 3 is 2.52 bits per heavy atom. The fraction of sp³-hybridized carbons (Fsp3) is 0.294. The van der Waals surface area contributed by atoms with Crippen molar-refractivity contribution < 1.29 is 14.6 Å². The first kappa shape index (κ1) is 19.3. The second-order valence-electron chi connectivity index (χ2n) is 6.22. The number of nitro benzene ring substituents is 1. The van der Waals surface area contributed by atoms with Crippen LogP contribution < -0.4 is 15.1 Å². The summed E-state index contributed by atoms with van der Waals surface area (Å²) in [4.78, 5) is 29.9. The van der Waals surface area contributed by atoms with Crippen molar-refractivity contribution in [2.24, 2.45) is 0 Å². The zero-order chi connectivity index (χ0) is 19.4. The molecule has 1 fully saturated rings. The van der Waals surface area contributed by atoms with Crippen molar-refractivity contribution >= 4 is 46.3 Å². The summed E-state index contributed by atoms with van der Waals surface area (Å²) in [5.41, 5.74) is 1.02. The van der Waals surface area contributed by atoms with Crippen LogP contribution in [-0.2, 0) is 4.79 Å². The number of halogens is 2. The van der Waals surface area contributed by atoms with Gasteiger partial charge >= 0.3 is 0 Å². The monoisotopic (exact) mass is 410 g/mol. The summed E-state index contributed by atoms with van der Waals surface area (Å²) in [7, 11) is 0. The number of quaternary nitrogens is 1. The third kappa shape index (κ3) is 5.06. The second-order valence-corrected chi connectivity index (χ2v) is 7.06. The molecule has 0 radical (unpaired) electrons. The van der Waals surface area contributed by atoms with Crippen molar-refractivity contribution in [2.75, 3.05) is 42.9 Å². The molecule has 1 amide bonds. The molecule has 0 unspecified atom stereocenters. The van der Waals surface area contributed by atoms with Crippen molar-refractivity contribution in [3.05, 3.63) is 56.7 Å². The molecule has 3 rings (SSSR count). The highest BCUT2D eigenvalue weighted by Crippen LogP contribution is 2.22. The Kier molecular flexibility index (Phi) is 6.10. The number of amides is 1. The van der Waals surface area contributed by atoms with Crippen molar-refractivity contribution in [1.29, 1.82) is 0 Å². The predicted octanol–water partition coefficient (Wildman–Crippen LogP) is 1.64. The number of rotatable bonds is 5. The fourth-order valence-electron chi connectivity index (χ4n) is 2.95. The van der Waals surface area contributed by atoms with Crippen molar-refractivity contribution in [3.63, 3.8) is 0 Å². The molecule has 10 heteroatoms. The Morgan fingerprint density at radius 2 is 1.93 bits per heavy atom. The van der Waals surface area contributed by atoms with Gasteiger partial charge in [0.25, 0.3) is 11.6 Å². The molecular weight excluding hydrogens is 393 g/mol. The molecule has 1 aromatic heterocycles. The number of nitrogens with zero attached hydrogens (tertiary/aromatic N) is 3. The van der Waals surface area contributed by atoms with E-state index in [4.69, 9.17) is 23.2 Å². The van der Waals surface area contributed by atoms with Crippen LogP contribution in [0.25, 0.3) is 0 Å². The SMILES string of the molecule is O=C(C[NH+]1CCN(c2ccc([N+](=O)[O-])cc2)CC1)Nc1ncc(Cl)cc1Cl. The minimum atomic E-state index is -0.410. The molecule has 2 N–H and O–H groups in total. The Hall–Kier alpha value is -2.42. The van der Waals surface area contributed by atoms with Gasteiger partial charge < -0.3 is 15.1 Å². The summed E-state index contributed by atoms with van der Waals surface area (Å²) in [6.45, 7) is 3.41. The molecule has 0 aliphatic carbocycles. The van der Waals surface area contributed by atoms with Gasteiger partial charge in [-0.15, -0.1) is 0 Å². The van der Waals surface area contributed by atoms with E-state index in [9.17, 15) is 14.9 Å². The lowest BCUT2D eigenvalue weighted by Crippen LogP contribution is -3.15. The van der Waals surface area contributed by atoms with E-state index < -0.39 is 4.92 Å². The van der Waals surface area contributed by atoms with Crippen LogP contribution in [0.1, 0.15) is 0 Å². The molecule has 27 heavy (non-hydrogen) atoms. The number of aromatic nitrogens is 1. The van der Waals surface area contributed by atoms with Gasteiger partial charge in [0.15, 0.2) is 12.4 Å². The van der Waals surface area contributed by atoms with Crippen LogP contribution in [0, 0.1) is 10.1 Å². The molecule has 1 aliphatic rings. The first-order valence-electron chi connectivity index (χ1n) is 8.36. The zero-order valence-corrected chi connectivity index (χ0v) is 15.8. The molecule has 1 aliphatic heterocycles. The van der Waals surface area contributed by atoms with Crippen LogP contribution in [0.2, 0.25) is 10.0 Å².